The molecule has 0 aliphatic heterocycles. The first kappa shape index (κ1) is 17.8. The standard InChI is InChI=1S/C22H22N4S/c23-15-17-8-7-9-18(14-17)16-27-22-25-24-21(19-10-3-1-4-11-19)26(22)20-12-5-2-6-13-20/h2,5-9,12-14,19H,1,3-4,10-11,16H2. The van der Waals surface area contributed by atoms with Crippen LogP contribution in [0.1, 0.15) is 55.0 Å². The highest BCUT2D eigenvalue weighted by molar-refractivity contribution is 7.98. The molecule has 1 fully saturated rings. The predicted molar refractivity (Wildman–Crippen MR) is 108 cm³/mol. The van der Waals surface area contributed by atoms with Crippen LogP contribution in [0, 0.1) is 11.3 Å². The monoisotopic (exact) mass is 374 g/mol. The summed E-state index contributed by atoms with van der Waals surface area (Å²) in [6, 6.07) is 20.4. The van der Waals surface area contributed by atoms with Gasteiger partial charge in [0.05, 0.1) is 11.6 Å². The molecule has 1 saturated carbocycles. The van der Waals surface area contributed by atoms with E-state index in [4.69, 9.17) is 5.26 Å². The maximum atomic E-state index is 9.10. The smallest absolute Gasteiger partial charge is 0.196 e. The fourth-order valence-electron chi connectivity index (χ4n) is 3.70. The Labute approximate surface area is 164 Å². The van der Waals surface area contributed by atoms with E-state index in [1.165, 1.54) is 32.1 Å². The lowest BCUT2D eigenvalue weighted by molar-refractivity contribution is 0.423. The second-order valence-electron chi connectivity index (χ2n) is 6.95. The molecule has 0 unspecified atom stereocenters. The van der Waals surface area contributed by atoms with Gasteiger partial charge in [-0.2, -0.15) is 5.26 Å². The fourth-order valence-corrected chi connectivity index (χ4v) is 4.60. The summed E-state index contributed by atoms with van der Waals surface area (Å²) in [4.78, 5) is 0. The van der Waals surface area contributed by atoms with E-state index >= 15 is 0 Å². The molecule has 3 aromatic rings. The van der Waals surface area contributed by atoms with E-state index in [2.05, 4.69) is 51.2 Å². The summed E-state index contributed by atoms with van der Waals surface area (Å²) < 4.78 is 2.23. The van der Waals surface area contributed by atoms with Crippen LogP contribution in [-0.2, 0) is 5.75 Å². The number of aromatic nitrogens is 3. The van der Waals surface area contributed by atoms with Crippen molar-refractivity contribution in [2.45, 2.75) is 48.9 Å². The molecule has 0 spiro atoms. The third kappa shape index (κ3) is 4.06. The third-order valence-corrected chi connectivity index (χ3v) is 6.07. The third-order valence-electron chi connectivity index (χ3n) is 5.07. The van der Waals surface area contributed by atoms with Crippen LogP contribution in [0.4, 0.5) is 0 Å². The Bertz CT molecular complexity index is 936. The number of nitriles is 1. The topological polar surface area (TPSA) is 54.5 Å². The number of hydrogen-bond acceptors (Lipinski definition) is 4. The van der Waals surface area contributed by atoms with Crippen LogP contribution in [0.3, 0.4) is 0 Å². The molecule has 27 heavy (non-hydrogen) atoms. The number of nitrogens with zero attached hydrogens (tertiary/aromatic N) is 4. The molecule has 4 rings (SSSR count). The molecule has 1 aliphatic carbocycles. The number of thioether (sulfide) groups is 1. The van der Waals surface area contributed by atoms with Crippen LogP contribution in [0.25, 0.3) is 5.69 Å². The molecule has 0 saturated heterocycles. The Morgan fingerprint density at radius 1 is 1.00 bits per heavy atom. The average molecular weight is 375 g/mol. The molecule has 1 aromatic heterocycles. The Morgan fingerprint density at radius 3 is 2.59 bits per heavy atom. The van der Waals surface area contributed by atoms with Crippen LogP contribution in [0.5, 0.6) is 0 Å². The van der Waals surface area contributed by atoms with Crippen molar-refractivity contribution in [2.24, 2.45) is 0 Å². The average Bonchev–Trinajstić information content (AvgIpc) is 3.17. The Hall–Kier alpha value is -2.58. The summed E-state index contributed by atoms with van der Waals surface area (Å²) in [5.41, 5.74) is 2.94. The van der Waals surface area contributed by atoms with E-state index in [1.807, 2.05) is 24.3 Å². The van der Waals surface area contributed by atoms with Gasteiger partial charge in [0.2, 0.25) is 0 Å². The van der Waals surface area contributed by atoms with Crippen molar-refractivity contribution >= 4 is 11.8 Å². The molecule has 1 aliphatic rings. The second-order valence-corrected chi connectivity index (χ2v) is 7.89. The molecule has 0 atom stereocenters. The van der Waals surface area contributed by atoms with Crippen molar-refractivity contribution < 1.29 is 0 Å². The summed E-state index contributed by atoms with van der Waals surface area (Å²) in [6.07, 6.45) is 6.26. The van der Waals surface area contributed by atoms with Crippen LogP contribution in [0.15, 0.2) is 59.8 Å². The van der Waals surface area contributed by atoms with Gasteiger partial charge in [0.15, 0.2) is 5.16 Å². The number of hydrogen-bond donors (Lipinski definition) is 0. The van der Waals surface area contributed by atoms with E-state index in [-0.39, 0.29) is 0 Å². The van der Waals surface area contributed by atoms with Gasteiger partial charge in [-0.05, 0) is 42.7 Å². The summed E-state index contributed by atoms with van der Waals surface area (Å²) in [5.74, 6) is 2.35. The van der Waals surface area contributed by atoms with Crippen molar-refractivity contribution in [3.05, 3.63) is 71.5 Å². The first-order valence-corrected chi connectivity index (χ1v) is 10.5. The highest BCUT2D eigenvalue weighted by atomic mass is 32.2. The van der Waals surface area contributed by atoms with E-state index in [0.29, 0.717) is 11.5 Å². The minimum Gasteiger partial charge on any atom is -0.274 e. The lowest BCUT2D eigenvalue weighted by atomic mass is 9.88. The molecule has 0 bridgehead atoms. The van der Waals surface area contributed by atoms with Crippen LogP contribution in [0.2, 0.25) is 0 Å². The molecule has 2 aromatic carbocycles. The van der Waals surface area contributed by atoms with Crippen LogP contribution >= 0.6 is 11.8 Å². The van der Waals surface area contributed by atoms with Gasteiger partial charge in [0.25, 0.3) is 0 Å². The molecule has 0 N–H and O–H groups in total. The summed E-state index contributed by atoms with van der Waals surface area (Å²) in [6.45, 7) is 0. The molecule has 0 radical (unpaired) electrons. The first-order chi connectivity index (χ1) is 13.3. The maximum absolute atomic E-state index is 9.10. The molecule has 136 valence electrons. The zero-order valence-electron chi connectivity index (χ0n) is 15.2. The van der Waals surface area contributed by atoms with E-state index < -0.39 is 0 Å². The molecular formula is C22H22N4S. The van der Waals surface area contributed by atoms with Crippen molar-refractivity contribution in [3.8, 4) is 11.8 Å². The highest BCUT2D eigenvalue weighted by Gasteiger charge is 2.24. The van der Waals surface area contributed by atoms with E-state index in [0.717, 1.165) is 28.0 Å². The fraction of sp³-hybridized carbons (Fsp3) is 0.318. The lowest BCUT2D eigenvalue weighted by Crippen LogP contribution is -2.11. The normalized spacial score (nSPS) is 14.8. The SMILES string of the molecule is N#Cc1cccc(CSc2nnc(C3CCCCC3)n2-c2ccccc2)c1. The first-order valence-electron chi connectivity index (χ1n) is 9.48. The largest absolute Gasteiger partial charge is 0.274 e. The molecule has 0 amide bonds. The van der Waals surface area contributed by atoms with Crippen molar-refractivity contribution in [1.29, 1.82) is 5.26 Å². The number of rotatable bonds is 5. The summed E-state index contributed by atoms with van der Waals surface area (Å²) in [5, 5.41) is 19.2. The van der Waals surface area contributed by atoms with Crippen LogP contribution < -0.4 is 0 Å². The molecular weight excluding hydrogens is 352 g/mol. The summed E-state index contributed by atoms with van der Waals surface area (Å²) in [7, 11) is 0. The minimum atomic E-state index is 0.489. The van der Waals surface area contributed by atoms with Gasteiger partial charge in [0, 0.05) is 17.4 Å². The van der Waals surface area contributed by atoms with Gasteiger partial charge < -0.3 is 0 Å². The van der Waals surface area contributed by atoms with Gasteiger partial charge in [0.1, 0.15) is 5.82 Å². The van der Waals surface area contributed by atoms with E-state index in [9.17, 15) is 0 Å². The minimum absolute atomic E-state index is 0.489. The quantitative estimate of drug-likeness (QED) is 0.555. The molecule has 1 heterocycles. The number of para-hydroxylation sites is 1. The predicted octanol–water partition coefficient (Wildman–Crippen LogP) is 5.48. The molecule has 5 heteroatoms. The molecule has 4 nitrogen and oxygen atoms in total. The Kier molecular flexibility index (Phi) is 5.55. The van der Waals surface area contributed by atoms with Gasteiger partial charge >= 0.3 is 0 Å². The van der Waals surface area contributed by atoms with Gasteiger partial charge in [-0.1, -0.05) is 61.4 Å². The van der Waals surface area contributed by atoms with Crippen molar-refractivity contribution in [2.75, 3.05) is 0 Å². The second kappa shape index (κ2) is 8.41. The van der Waals surface area contributed by atoms with Gasteiger partial charge in [-0.15, -0.1) is 10.2 Å². The lowest BCUT2D eigenvalue weighted by Gasteiger charge is -2.22. The zero-order chi connectivity index (χ0) is 18.5. The van der Waals surface area contributed by atoms with Gasteiger partial charge in [-0.25, -0.2) is 0 Å². The van der Waals surface area contributed by atoms with Crippen molar-refractivity contribution in [3.63, 3.8) is 0 Å². The number of benzene rings is 2. The van der Waals surface area contributed by atoms with Crippen LogP contribution in [-0.4, -0.2) is 14.8 Å². The Morgan fingerprint density at radius 2 is 1.81 bits per heavy atom. The highest BCUT2D eigenvalue weighted by Crippen LogP contribution is 2.35. The maximum Gasteiger partial charge on any atom is 0.196 e. The van der Waals surface area contributed by atoms with Gasteiger partial charge in [-0.3, -0.25) is 4.57 Å². The Balaban J connectivity index is 1.63. The zero-order valence-corrected chi connectivity index (χ0v) is 16.0. The van der Waals surface area contributed by atoms with Crippen molar-refractivity contribution in [1.82, 2.24) is 14.8 Å². The van der Waals surface area contributed by atoms with E-state index in [1.54, 1.807) is 11.8 Å². The summed E-state index contributed by atoms with van der Waals surface area (Å²) >= 11 is 1.68.